The normalized spacial score (nSPS) is 23.1. The van der Waals surface area contributed by atoms with Gasteiger partial charge in [-0.1, -0.05) is 30.3 Å². The Kier molecular flexibility index (Phi) is 4.17. The van der Waals surface area contributed by atoms with E-state index in [9.17, 15) is 4.79 Å². The maximum Gasteiger partial charge on any atom is 0.410 e. The molecular formula is C13H18N2O3. The van der Waals surface area contributed by atoms with E-state index in [1.165, 1.54) is 0 Å². The van der Waals surface area contributed by atoms with Crippen molar-refractivity contribution in [2.45, 2.75) is 12.6 Å². The Balaban J connectivity index is 1.82. The molecule has 0 unspecified atom stereocenters. The minimum absolute atomic E-state index is 0.00360. The van der Waals surface area contributed by atoms with Crippen LogP contribution in [0.25, 0.3) is 0 Å². The Morgan fingerprint density at radius 1 is 1.39 bits per heavy atom. The molecule has 1 saturated heterocycles. The summed E-state index contributed by atoms with van der Waals surface area (Å²) < 4.78 is 5.20. The number of rotatable bonds is 3. The number of likely N-dealkylation sites (tertiary alicyclic amines) is 1. The number of carbonyl (C=O) groups is 1. The molecule has 1 fully saturated rings. The monoisotopic (exact) mass is 250 g/mol. The third-order valence-electron chi connectivity index (χ3n) is 3.19. The summed E-state index contributed by atoms with van der Waals surface area (Å²) in [5, 5.41) is 9.09. The van der Waals surface area contributed by atoms with Gasteiger partial charge in [0.15, 0.2) is 0 Å². The molecule has 5 heteroatoms. The number of benzene rings is 1. The Labute approximate surface area is 106 Å². The van der Waals surface area contributed by atoms with Crippen LogP contribution in [-0.2, 0) is 11.3 Å². The predicted molar refractivity (Wildman–Crippen MR) is 66.8 cm³/mol. The van der Waals surface area contributed by atoms with Gasteiger partial charge in [0.25, 0.3) is 0 Å². The molecule has 1 aliphatic heterocycles. The highest BCUT2D eigenvalue weighted by Gasteiger charge is 2.33. The van der Waals surface area contributed by atoms with Gasteiger partial charge in [0.2, 0.25) is 0 Å². The second kappa shape index (κ2) is 5.84. The van der Waals surface area contributed by atoms with Gasteiger partial charge in [-0.05, 0) is 5.56 Å². The van der Waals surface area contributed by atoms with E-state index in [0.29, 0.717) is 13.1 Å². The number of aliphatic hydroxyl groups excluding tert-OH is 1. The van der Waals surface area contributed by atoms with Crippen molar-refractivity contribution in [2.75, 3.05) is 19.7 Å². The van der Waals surface area contributed by atoms with E-state index in [-0.39, 0.29) is 31.3 Å². The van der Waals surface area contributed by atoms with Crippen molar-refractivity contribution in [3.8, 4) is 0 Å². The summed E-state index contributed by atoms with van der Waals surface area (Å²) >= 11 is 0. The minimum Gasteiger partial charge on any atom is -0.445 e. The molecule has 1 amide bonds. The average molecular weight is 250 g/mol. The fourth-order valence-electron chi connectivity index (χ4n) is 2.05. The molecule has 1 aromatic carbocycles. The van der Waals surface area contributed by atoms with Crippen molar-refractivity contribution < 1.29 is 14.6 Å². The molecule has 0 aliphatic carbocycles. The van der Waals surface area contributed by atoms with E-state index in [1.807, 2.05) is 30.3 Å². The molecule has 1 heterocycles. The van der Waals surface area contributed by atoms with E-state index in [4.69, 9.17) is 15.6 Å². The molecule has 0 aromatic heterocycles. The van der Waals surface area contributed by atoms with Crippen LogP contribution in [0.3, 0.4) is 0 Å². The molecule has 3 N–H and O–H groups in total. The molecule has 0 saturated carbocycles. The highest BCUT2D eigenvalue weighted by atomic mass is 16.6. The standard InChI is InChI=1S/C13H18N2O3/c14-12-7-15(6-11(12)8-16)13(17)18-9-10-4-2-1-3-5-10/h1-5,11-12,16H,6-9,14H2/t11-,12+/m1/s1. The summed E-state index contributed by atoms with van der Waals surface area (Å²) in [4.78, 5) is 13.3. The summed E-state index contributed by atoms with van der Waals surface area (Å²) in [6.45, 7) is 1.17. The average Bonchev–Trinajstić information content (AvgIpc) is 2.78. The van der Waals surface area contributed by atoms with E-state index < -0.39 is 0 Å². The van der Waals surface area contributed by atoms with Crippen LogP contribution in [0.15, 0.2) is 30.3 Å². The van der Waals surface area contributed by atoms with Crippen LogP contribution < -0.4 is 5.73 Å². The molecule has 2 rings (SSSR count). The third-order valence-corrected chi connectivity index (χ3v) is 3.19. The molecule has 98 valence electrons. The maximum absolute atomic E-state index is 11.8. The lowest BCUT2D eigenvalue weighted by Gasteiger charge is -2.15. The number of hydrogen-bond acceptors (Lipinski definition) is 4. The van der Waals surface area contributed by atoms with Gasteiger partial charge in [-0.15, -0.1) is 0 Å². The molecule has 5 nitrogen and oxygen atoms in total. The first-order valence-electron chi connectivity index (χ1n) is 6.02. The molecule has 2 atom stereocenters. The quantitative estimate of drug-likeness (QED) is 0.822. The number of amides is 1. The fraction of sp³-hybridized carbons (Fsp3) is 0.462. The van der Waals surface area contributed by atoms with Crippen molar-refractivity contribution in [3.05, 3.63) is 35.9 Å². The number of hydrogen-bond donors (Lipinski definition) is 2. The topological polar surface area (TPSA) is 75.8 Å². The maximum atomic E-state index is 11.8. The molecule has 0 bridgehead atoms. The Hall–Kier alpha value is -1.59. The third kappa shape index (κ3) is 3.00. The first kappa shape index (κ1) is 12.9. The Morgan fingerprint density at radius 2 is 2.11 bits per heavy atom. The van der Waals surface area contributed by atoms with Crippen LogP contribution in [0.1, 0.15) is 5.56 Å². The van der Waals surface area contributed by atoms with Crippen molar-refractivity contribution >= 4 is 6.09 Å². The molecule has 0 radical (unpaired) electrons. The van der Waals surface area contributed by atoms with Crippen LogP contribution in [-0.4, -0.2) is 41.8 Å². The van der Waals surface area contributed by atoms with Crippen LogP contribution in [0.5, 0.6) is 0 Å². The van der Waals surface area contributed by atoms with E-state index in [1.54, 1.807) is 4.90 Å². The lowest BCUT2D eigenvalue weighted by Crippen LogP contribution is -2.33. The lowest BCUT2D eigenvalue weighted by molar-refractivity contribution is 0.101. The van der Waals surface area contributed by atoms with Crippen LogP contribution in [0.2, 0.25) is 0 Å². The van der Waals surface area contributed by atoms with Crippen molar-refractivity contribution in [1.82, 2.24) is 4.90 Å². The van der Waals surface area contributed by atoms with Gasteiger partial charge in [0, 0.05) is 31.7 Å². The largest absolute Gasteiger partial charge is 0.445 e. The Bertz CT molecular complexity index is 396. The molecular weight excluding hydrogens is 232 g/mol. The van der Waals surface area contributed by atoms with Gasteiger partial charge < -0.3 is 20.5 Å². The summed E-state index contributed by atoms with van der Waals surface area (Å²) in [5.41, 5.74) is 6.77. The lowest BCUT2D eigenvalue weighted by atomic mass is 10.1. The van der Waals surface area contributed by atoms with Crippen molar-refractivity contribution in [2.24, 2.45) is 11.7 Å². The van der Waals surface area contributed by atoms with Crippen molar-refractivity contribution in [1.29, 1.82) is 0 Å². The Morgan fingerprint density at radius 3 is 2.72 bits per heavy atom. The van der Waals surface area contributed by atoms with Gasteiger partial charge in [-0.3, -0.25) is 0 Å². The SMILES string of the molecule is N[C@H]1CN(C(=O)OCc2ccccc2)C[C@@H]1CO. The summed E-state index contributed by atoms with van der Waals surface area (Å²) in [6, 6.07) is 9.35. The van der Waals surface area contributed by atoms with E-state index in [0.717, 1.165) is 5.56 Å². The molecule has 18 heavy (non-hydrogen) atoms. The van der Waals surface area contributed by atoms with Crippen LogP contribution in [0.4, 0.5) is 4.79 Å². The number of carbonyl (C=O) groups excluding carboxylic acids is 1. The fourth-order valence-corrected chi connectivity index (χ4v) is 2.05. The second-order valence-electron chi connectivity index (χ2n) is 4.55. The van der Waals surface area contributed by atoms with Gasteiger partial charge >= 0.3 is 6.09 Å². The smallest absolute Gasteiger partial charge is 0.410 e. The first-order chi connectivity index (χ1) is 8.70. The zero-order chi connectivity index (χ0) is 13.0. The van der Waals surface area contributed by atoms with Gasteiger partial charge in [0.1, 0.15) is 6.61 Å². The molecule has 0 spiro atoms. The number of ether oxygens (including phenoxy) is 1. The number of aliphatic hydroxyl groups is 1. The van der Waals surface area contributed by atoms with Gasteiger partial charge in [0.05, 0.1) is 0 Å². The van der Waals surface area contributed by atoms with Gasteiger partial charge in [-0.2, -0.15) is 0 Å². The first-order valence-corrected chi connectivity index (χ1v) is 6.02. The number of nitrogens with two attached hydrogens (primary N) is 1. The van der Waals surface area contributed by atoms with Crippen molar-refractivity contribution in [3.63, 3.8) is 0 Å². The molecule has 1 aromatic rings. The zero-order valence-corrected chi connectivity index (χ0v) is 10.2. The summed E-state index contributed by atoms with van der Waals surface area (Å²) in [5.74, 6) is -0.0470. The van der Waals surface area contributed by atoms with E-state index in [2.05, 4.69) is 0 Å². The van der Waals surface area contributed by atoms with E-state index >= 15 is 0 Å². The summed E-state index contributed by atoms with van der Waals surface area (Å²) in [6.07, 6.45) is -0.370. The minimum atomic E-state index is -0.370. The van der Waals surface area contributed by atoms with Crippen LogP contribution >= 0.6 is 0 Å². The van der Waals surface area contributed by atoms with Gasteiger partial charge in [-0.25, -0.2) is 4.79 Å². The van der Waals surface area contributed by atoms with Crippen LogP contribution in [0, 0.1) is 5.92 Å². The highest BCUT2D eigenvalue weighted by molar-refractivity contribution is 5.68. The molecule has 1 aliphatic rings. The highest BCUT2D eigenvalue weighted by Crippen LogP contribution is 2.16. The number of nitrogens with zero attached hydrogens (tertiary/aromatic N) is 1. The summed E-state index contributed by atoms with van der Waals surface area (Å²) in [7, 11) is 0. The predicted octanol–water partition coefficient (Wildman–Crippen LogP) is 0.575. The second-order valence-corrected chi connectivity index (χ2v) is 4.55. The zero-order valence-electron chi connectivity index (χ0n) is 10.2.